The summed E-state index contributed by atoms with van der Waals surface area (Å²) in [6.45, 7) is 5.93. The Morgan fingerprint density at radius 3 is 2.64 bits per heavy atom. The number of nitrogens with one attached hydrogen (secondary N) is 1. The molecular formula is C16H20N4O3S2. The average Bonchev–Trinajstić information content (AvgIpc) is 2.93. The molecule has 0 atom stereocenters. The maximum atomic E-state index is 12.0. The predicted octanol–water partition coefficient (Wildman–Crippen LogP) is 2.78. The number of carbonyl (C=O) groups is 2. The van der Waals surface area contributed by atoms with Crippen LogP contribution in [0.3, 0.4) is 0 Å². The molecule has 0 aliphatic carbocycles. The van der Waals surface area contributed by atoms with Gasteiger partial charge in [-0.1, -0.05) is 11.8 Å². The number of aromatic nitrogens is 3. The van der Waals surface area contributed by atoms with E-state index in [0.29, 0.717) is 34.8 Å². The number of thiazole rings is 1. The van der Waals surface area contributed by atoms with Crippen LogP contribution in [0, 0.1) is 13.8 Å². The number of ether oxygens (including phenoxy) is 1. The number of esters is 1. The van der Waals surface area contributed by atoms with Crippen LogP contribution in [-0.4, -0.2) is 39.2 Å². The number of carbonyl (C=O) groups excluding carboxylic acids is 2. The molecule has 7 nitrogen and oxygen atoms in total. The summed E-state index contributed by atoms with van der Waals surface area (Å²) in [5.74, 6) is 0.125. The van der Waals surface area contributed by atoms with E-state index >= 15 is 0 Å². The van der Waals surface area contributed by atoms with Gasteiger partial charge in [0.1, 0.15) is 0 Å². The van der Waals surface area contributed by atoms with Crippen molar-refractivity contribution in [3.05, 3.63) is 28.5 Å². The van der Waals surface area contributed by atoms with Crippen LogP contribution in [0.25, 0.3) is 0 Å². The Morgan fingerprint density at radius 1 is 1.24 bits per heavy atom. The van der Waals surface area contributed by atoms with E-state index in [9.17, 15) is 9.59 Å². The van der Waals surface area contributed by atoms with Gasteiger partial charge >= 0.3 is 5.97 Å². The second-order valence-electron chi connectivity index (χ2n) is 5.21. The molecule has 0 fully saturated rings. The van der Waals surface area contributed by atoms with E-state index in [2.05, 4.69) is 20.3 Å². The van der Waals surface area contributed by atoms with E-state index in [1.807, 2.05) is 19.9 Å². The first kappa shape index (κ1) is 19.3. The third-order valence-corrected chi connectivity index (χ3v) is 4.61. The van der Waals surface area contributed by atoms with Crippen molar-refractivity contribution in [1.82, 2.24) is 15.0 Å². The van der Waals surface area contributed by atoms with Crippen LogP contribution >= 0.6 is 23.1 Å². The third kappa shape index (κ3) is 6.79. The largest absolute Gasteiger partial charge is 0.466 e. The predicted molar refractivity (Wildman–Crippen MR) is 97.9 cm³/mol. The first-order valence-electron chi connectivity index (χ1n) is 7.81. The Balaban J connectivity index is 1.76. The van der Waals surface area contributed by atoms with Crippen LogP contribution in [0.15, 0.2) is 16.6 Å². The SMILES string of the molecule is CCOC(=O)Cc1csc(NC(=O)CCSc2nc(C)cc(C)n2)n1. The molecule has 2 aromatic heterocycles. The van der Waals surface area contributed by atoms with E-state index in [4.69, 9.17) is 4.74 Å². The van der Waals surface area contributed by atoms with Crippen molar-refractivity contribution < 1.29 is 14.3 Å². The summed E-state index contributed by atoms with van der Waals surface area (Å²) in [6, 6.07) is 1.91. The molecule has 1 N–H and O–H groups in total. The van der Waals surface area contributed by atoms with Gasteiger partial charge in [0, 0.05) is 28.9 Å². The van der Waals surface area contributed by atoms with Gasteiger partial charge in [0.15, 0.2) is 10.3 Å². The summed E-state index contributed by atoms with van der Waals surface area (Å²) in [5.41, 5.74) is 2.42. The zero-order valence-corrected chi connectivity index (χ0v) is 16.0. The number of hydrogen-bond donors (Lipinski definition) is 1. The number of thioether (sulfide) groups is 1. The molecule has 2 rings (SSSR count). The van der Waals surface area contributed by atoms with Crippen LogP contribution in [-0.2, 0) is 20.7 Å². The van der Waals surface area contributed by atoms with Crippen molar-refractivity contribution in [3.8, 4) is 0 Å². The fraction of sp³-hybridized carbons (Fsp3) is 0.438. The highest BCUT2D eigenvalue weighted by atomic mass is 32.2. The summed E-state index contributed by atoms with van der Waals surface area (Å²) in [4.78, 5) is 36.3. The maximum Gasteiger partial charge on any atom is 0.311 e. The molecule has 0 saturated carbocycles. The minimum absolute atomic E-state index is 0.111. The zero-order valence-electron chi connectivity index (χ0n) is 14.4. The van der Waals surface area contributed by atoms with E-state index in [1.165, 1.54) is 23.1 Å². The average molecular weight is 380 g/mol. The lowest BCUT2D eigenvalue weighted by Crippen LogP contribution is -2.12. The summed E-state index contributed by atoms with van der Waals surface area (Å²) in [6.07, 6.45) is 0.438. The lowest BCUT2D eigenvalue weighted by atomic mass is 10.3. The number of rotatable bonds is 8. The van der Waals surface area contributed by atoms with Crippen LogP contribution in [0.5, 0.6) is 0 Å². The van der Waals surface area contributed by atoms with Crippen molar-refractivity contribution in [2.45, 2.75) is 38.8 Å². The molecule has 0 saturated heterocycles. The molecule has 0 aliphatic heterocycles. The summed E-state index contributed by atoms with van der Waals surface area (Å²) < 4.78 is 4.87. The highest BCUT2D eigenvalue weighted by Crippen LogP contribution is 2.18. The van der Waals surface area contributed by atoms with Gasteiger partial charge in [-0.25, -0.2) is 15.0 Å². The lowest BCUT2D eigenvalue weighted by Gasteiger charge is -2.03. The Morgan fingerprint density at radius 2 is 1.96 bits per heavy atom. The molecule has 25 heavy (non-hydrogen) atoms. The van der Waals surface area contributed by atoms with Crippen molar-refractivity contribution in [2.75, 3.05) is 17.7 Å². The van der Waals surface area contributed by atoms with Crippen molar-refractivity contribution in [1.29, 1.82) is 0 Å². The van der Waals surface area contributed by atoms with Gasteiger partial charge in [-0.3, -0.25) is 9.59 Å². The van der Waals surface area contributed by atoms with E-state index in [1.54, 1.807) is 12.3 Å². The maximum absolute atomic E-state index is 12.0. The van der Waals surface area contributed by atoms with Crippen LogP contribution < -0.4 is 5.32 Å². The second kappa shape index (κ2) is 9.47. The number of aryl methyl sites for hydroxylation is 2. The fourth-order valence-electron chi connectivity index (χ4n) is 1.98. The lowest BCUT2D eigenvalue weighted by molar-refractivity contribution is -0.142. The molecule has 2 heterocycles. The Bertz CT molecular complexity index is 728. The second-order valence-corrected chi connectivity index (χ2v) is 7.13. The minimum Gasteiger partial charge on any atom is -0.466 e. The van der Waals surface area contributed by atoms with Gasteiger partial charge in [0.25, 0.3) is 0 Å². The van der Waals surface area contributed by atoms with Gasteiger partial charge in [-0.05, 0) is 26.8 Å². The van der Waals surface area contributed by atoms with Crippen molar-refractivity contribution >= 4 is 40.1 Å². The first-order valence-corrected chi connectivity index (χ1v) is 9.67. The fourth-order valence-corrected chi connectivity index (χ4v) is 3.59. The van der Waals surface area contributed by atoms with E-state index < -0.39 is 0 Å². The smallest absolute Gasteiger partial charge is 0.311 e. The molecule has 0 unspecified atom stereocenters. The molecular weight excluding hydrogens is 360 g/mol. The molecule has 134 valence electrons. The molecule has 2 aromatic rings. The van der Waals surface area contributed by atoms with Gasteiger partial charge < -0.3 is 10.1 Å². The third-order valence-electron chi connectivity index (χ3n) is 2.95. The van der Waals surface area contributed by atoms with E-state index in [-0.39, 0.29) is 18.3 Å². The molecule has 0 spiro atoms. The topological polar surface area (TPSA) is 94.1 Å². The normalized spacial score (nSPS) is 10.5. The Kier molecular flexibility index (Phi) is 7.32. The number of amides is 1. The molecule has 0 bridgehead atoms. The van der Waals surface area contributed by atoms with Crippen molar-refractivity contribution in [2.24, 2.45) is 0 Å². The van der Waals surface area contributed by atoms with Crippen LogP contribution in [0.2, 0.25) is 0 Å². The highest BCUT2D eigenvalue weighted by Gasteiger charge is 2.11. The molecule has 1 amide bonds. The quantitative estimate of drug-likeness (QED) is 0.427. The van der Waals surface area contributed by atoms with Gasteiger partial charge in [-0.15, -0.1) is 11.3 Å². The van der Waals surface area contributed by atoms with Crippen molar-refractivity contribution in [3.63, 3.8) is 0 Å². The zero-order chi connectivity index (χ0) is 18.2. The standard InChI is InChI=1S/C16H20N4O3S2/c1-4-23-14(22)8-12-9-25-16(19-12)20-13(21)5-6-24-15-17-10(2)7-11(3)18-15/h7,9H,4-6,8H2,1-3H3,(H,19,20,21). The van der Waals surface area contributed by atoms with E-state index in [0.717, 1.165) is 11.4 Å². The monoisotopic (exact) mass is 380 g/mol. The van der Waals surface area contributed by atoms with Gasteiger partial charge in [0.2, 0.25) is 5.91 Å². The Labute approximate surface area is 154 Å². The summed E-state index contributed by atoms with van der Waals surface area (Å²) in [7, 11) is 0. The molecule has 0 radical (unpaired) electrons. The van der Waals surface area contributed by atoms with Crippen LogP contribution in [0.1, 0.15) is 30.4 Å². The number of anilines is 1. The summed E-state index contributed by atoms with van der Waals surface area (Å²) in [5, 5.41) is 5.64. The summed E-state index contributed by atoms with van der Waals surface area (Å²) >= 11 is 2.73. The molecule has 0 aliphatic rings. The minimum atomic E-state index is -0.324. The van der Waals surface area contributed by atoms with Gasteiger partial charge in [0.05, 0.1) is 18.7 Å². The first-order chi connectivity index (χ1) is 12.0. The Hall–Kier alpha value is -2.00. The number of hydrogen-bond acceptors (Lipinski definition) is 8. The highest BCUT2D eigenvalue weighted by molar-refractivity contribution is 7.99. The molecule has 0 aromatic carbocycles. The number of nitrogens with zero attached hydrogens (tertiary/aromatic N) is 3. The van der Waals surface area contributed by atoms with Crippen LogP contribution in [0.4, 0.5) is 5.13 Å². The molecule has 9 heteroatoms. The van der Waals surface area contributed by atoms with Gasteiger partial charge in [-0.2, -0.15) is 0 Å².